The second-order valence-corrected chi connectivity index (χ2v) is 13.7. The Hall–Kier alpha value is -2.77. The van der Waals surface area contributed by atoms with Crippen molar-refractivity contribution in [2.45, 2.75) is 66.2 Å². The molecule has 0 spiro atoms. The third kappa shape index (κ3) is 6.51. The number of carbonyl (C=O) groups is 1. The lowest BCUT2D eigenvalue weighted by Crippen LogP contribution is -2.48. The number of thiazole rings is 1. The summed E-state index contributed by atoms with van der Waals surface area (Å²) in [4.78, 5) is 23.2. The van der Waals surface area contributed by atoms with Crippen molar-refractivity contribution in [1.29, 1.82) is 0 Å². The van der Waals surface area contributed by atoms with Gasteiger partial charge in [0.2, 0.25) is 0 Å². The van der Waals surface area contributed by atoms with Crippen molar-refractivity contribution in [1.82, 2.24) is 9.88 Å². The molecule has 5 nitrogen and oxygen atoms in total. The van der Waals surface area contributed by atoms with E-state index in [0.717, 1.165) is 69.2 Å². The average Bonchev–Trinajstić information content (AvgIpc) is 3.35. The quantitative estimate of drug-likeness (QED) is 0.216. The van der Waals surface area contributed by atoms with Crippen molar-refractivity contribution < 1.29 is 9.53 Å². The highest BCUT2D eigenvalue weighted by Crippen LogP contribution is 2.44. The monoisotopic (exact) mass is 589 g/mol. The van der Waals surface area contributed by atoms with E-state index < -0.39 is 11.7 Å². The molecule has 0 amide bonds. The van der Waals surface area contributed by atoms with Gasteiger partial charge in [-0.05, 0) is 89.9 Å². The van der Waals surface area contributed by atoms with E-state index >= 15 is 0 Å². The summed E-state index contributed by atoms with van der Waals surface area (Å²) in [6.45, 7) is 18.3. The number of ketones is 1. The first-order valence-corrected chi connectivity index (χ1v) is 15.6. The van der Waals surface area contributed by atoms with Crippen molar-refractivity contribution >= 4 is 44.6 Å². The predicted octanol–water partition coefficient (Wildman–Crippen LogP) is 8.57. The lowest BCUT2D eigenvalue weighted by atomic mass is 9.90. The van der Waals surface area contributed by atoms with Crippen LogP contribution in [0, 0.1) is 6.92 Å². The SMILES string of the molecule is CC(=O)[C@@H](OC(C)(C)C)c1c(C)cc2nc(-c3cccc(N4CCN(C(C)C)CC4)c3)sc2c1-c1ccc(Cl)cc1. The molecule has 0 N–H and O–H groups in total. The predicted molar refractivity (Wildman–Crippen MR) is 173 cm³/mol. The summed E-state index contributed by atoms with van der Waals surface area (Å²) in [5.41, 5.74) is 6.63. The number of hydrogen-bond donors (Lipinski definition) is 0. The first-order chi connectivity index (χ1) is 19.4. The molecule has 1 atom stereocenters. The Morgan fingerprint density at radius 3 is 2.29 bits per heavy atom. The third-order valence-corrected chi connectivity index (χ3v) is 9.06. The van der Waals surface area contributed by atoms with Crippen LogP contribution in [-0.4, -0.2) is 53.5 Å². The number of benzene rings is 3. The van der Waals surface area contributed by atoms with E-state index in [4.69, 9.17) is 21.3 Å². The average molecular weight is 590 g/mol. The molecule has 5 rings (SSSR count). The lowest BCUT2D eigenvalue weighted by Gasteiger charge is -2.38. The first-order valence-electron chi connectivity index (χ1n) is 14.4. The van der Waals surface area contributed by atoms with Gasteiger partial charge in [0.15, 0.2) is 5.78 Å². The number of piperazine rings is 1. The van der Waals surface area contributed by atoms with E-state index in [9.17, 15) is 4.79 Å². The van der Waals surface area contributed by atoms with E-state index in [1.165, 1.54) is 5.69 Å². The number of carbonyl (C=O) groups excluding carboxylic acids is 1. The molecule has 1 saturated heterocycles. The Labute approximate surface area is 253 Å². The van der Waals surface area contributed by atoms with E-state index in [1.54, 1.807) is 18.3 Å². The summed E-state index contributed by atoms with van der Waals surface area (Å²) in [7, 11) is 0. The fourth-order valence-corrected chi connectivity index (χ4v) is 6.85. The molecule has 1 fully saturated rings. The van der Waals surface area contributed by atoms with Gasteiger partial charge in [-0.1, -0.05) is 35.9 Å². The Morgan fingerprint density at radius 2 is 1.68 bits per heavy atom. The standard InChI is InChI=1S/C34H40ClN3O2S/c1-21(2)37-15-17-38(18-16-37)27-10-8-9-25(20-27)33-36-28-19-22(3)29(31(23(4)39)40-34(5,6)7)30(32(28)41-33)24-11-13-26(35)14-12-24/h8-14,19-21,31H,15-18H2,1-7H3/t31-/m1/s1. The molecule has 0 unspecified atom stereocenters. The minimum Gasteiger partial charge on any atom is -0.369 e. The van der Waals surface area contributed by atoms with Crippen LogP contribution >= 0.6 is 22.9 Å². The second kappa shape index (κ2) is 11.8. The molecular formula is C34H40ClN3O2S. The summed E-state index contributed by atoms with van der Waals surface area (Å²) in [6.07, 6.45) is -0.691. The third-order valence-electron chi connectivity index (χ3n) is 7.67. The number of fused-ring (bicyclic) bond motifs is 1. The highest BCUT2D eigenvalue weighted by Gasteiger charge is 2.30. The van der Waals surface area contributed by atoms with Crippen molar-refractivity contribution in [2.75, 3.05) is 31.1 Å². The first kappa shape index (κ1) is 29.7. The zero-order valence-corrected chi connectivity index (χ0v) is 26.7. The highest BCUT2D eigenvalue weighted by atomic mass is 35.5. The normalized spacial score (nSPS) is 15.6. The van der Waals surface area contributed by atoms with Crippen LogP contribution in [0.2, 0.25) is 5.02 Å². The number of halogens is 1. The molecule has 1 aromatic heterocycles. The maximum Gasteiger partial charge on any atom is 0.163 e. The van der Waals surface area contributed by atoms with Crippen LogP contribution in [0.25, 0.3) is 31.9 Å². The zero-order valence-electron chi connectivity index (χ0n) is 25.1. The lowest BCUT2D eigenvalue weighted by molar-refractivity contribution is -0.138. The molecule has 4 aromatic rings. The van der Waals surface area contributed by atoms with Gasteiger partial charge in [0.1, 0.15) is 11.1 Å². The Balaban J connectivity index is 1.62. The van der Waals surface area contributed by atoms with Gasteiger partial charge in [-0.3, -0.25) is 9.69 Å². The van der Waals surface area contributed by atoms with Gasteiger partial charge in [0, 0.05) is 59.6 Å². The van der Waals surface area contributed by atoms with Crippen LogP contribution in [-0.2, 0) is 9.53 Å². The molecule has 0 bridgehead atoms. The molecule has 0 saturated carbocycles. The number of aromatic nitrogens is 1. The smallest absolute Gasteiger partial charge is 0.163 e. The van der Waals surface area contributed by atoms with Gasteiger partial charge in [-0.15, -0.1) is 11.3 Å². The van der Waals surface area contributed by atoms with Crippen LogP contribution in [0.3, 0.4) is 0 Å². The van der Waals surface area contributed by atoms with Gasteiger partial charge < -0.3 is 9.64 Å². The number of nitrogens with zero attached hydrogens (tertiary/aromatic N) is 3. The van der Waals surface area contributed by atoms with Crippen molar-refractivity contribution in [3.63, 3.8) is 0 Å². The molecule has 2 heterocycles. The van der Waals surface area contributed by atoms with Gasteiger partial charge >= 0.3 is 0 Å². The summed E-state index contributed by atoms with van der Waals surface area (Å²) in [5, 5.41) is 1.63. The Morgan fingerprint density at radius 1 is 1.00 bits per heavy atom. The number of ether oxygens (including phenoxy) is 1. The largest absolute Gasteiger partial charge is 0.369 e. The maximum absolute atomic E-state index is 13.1. The number of Topliss-reactive ketones (excluding diaryl/α,β-unsaturated/α-hetero) is 1. The van der Waals surface area contributed by atoms with E-state index in [2.05, 4.69) is 54.0 Å². The number of anilines is 1. The Bertz CT molecular complexity index is 1550. The number of aryl methyl sites for hydroxylation is 1. The van der Waals surface area contributed by atoms with Crippen molar-refractivity contribution in [3.8, 4) is 21.7 Å². The van der Waals surface area contributed by atoms with Crippen molar-refractivity contribution in [2.24, 2.45) is 0 Å². The van der Waals surface area contributed by atoms with Crippen LogP contribution in [0.4, 0.5) is 5.69 Å². The van der Waals surface area contributed by atoms with E-state index in [0.29, 0.717) is 11.1 Å². The van der Waals surface area contributed by atoms with Gasteiger partial charge in [-0.2, -0.15) is 0 Å². The zero-order chi connectivity index (χ0) is 29.5. The van der Waals surface area contributed by atoms with E-state index in [1.807, 2.05) is 52.0 Å². The molecule has 216 valence electrons. The molecule has 41 heavy (non-hydrogen) atoms. The molecular weight excluding hydrogens is 550 g/mol. The minimum atomic E-state index is -0.691. The van der Waals surface area contributed by atoms with Crippen LogP contribution in [0.15, 0.2) is 54.6 Å². The summed E-state index contributed by atoms with van der Waals surface area (Å²) >= 11 is 7.95. The van der Waals surface area contributed by atoms with Gasteiger partial charge in [-0.25, -0.2) is 4.98 Å². The fourth-order valence-electron chi connectivity index (χ4n) is 5.61. The van der Waals surface area contributed by atoms with Crippen LogP contribution in [0.1, 0.15) is 58.8 Å². The molecule has 1 aliphatic heterocycles. The molecule has 0 aliphatic carbocycles. The summed E-state index contributed by atoms with van der Waals surface area (Å²) in [6, 6.07) is 19.2. The van der Waals surface area contributed by atoms with Gasteiger partial charge in [0.05, 0.1) is 15.8 Å². The molecule has 0 radical (unpaired) electrons. The summed E-state index contributed by atoms with van der Waals surface area (Å²) in [5.74, 6) is -0.0207. The fraction of sp³-hybridized carbons (Fsp3) is 0.412. The minimum absolute atomic E-state index is 0.0207. The molecule has 1 aliphatic rings. The molecule has 7 heteroatoms. The van der Waals surface area contributed by atoms with Crippen LogP contribution in [0.5, 0.6) is 0 Å². The number of hydrogen-bond acceptors (Lipinski definition) is 6. The maximum atomic E-state index is 13.1. The highest BCUT2D eigenvalue weighted by molar-refractivity contribution is 7.22. The second-order valence-electron chi connectivity index (χ2n) is 12.2. The van der Waals surface area contributed by atoms with Crippen molar-refractivity contribution in [3.05, 3.63) is 70.7 Å². The topological polar surface area (TPSA) is 45.7 Å². The Kier molecular flexibility index (Phi) is 8.58. The van der Waals surface area contributed by atoms with Gasteiger partial charge in [0.25, 0.3) is 0 Å². The summed E-state index contributed by atoms with van der Waals surface area (Å²) < 4.78 is 7.44. The van der Waals surface area contributed by atoms with E-state index in [-0.39, 0.29) is 5.78 Å². The number of rotatable bonds is 7. The molecule has 3 aromatic carbocycles. The van der Waals surface area contributed by atoms with Crippen LogP contribution < -0.4 is 4.90 Å².